The van der Waals surface area contributed by atoms with E-state index in [9.17, 15) is 8.42 Å². The van der Waals surface area contributed by atoms with Crippen molar-refractivity contribution in [3.63, 3.8) is 0 Å². The molecule has 0 amide bonds. The van der Waals surface area contributed by atoms with Gasteiger partial charge in [-0.1, -0.05) is 39.3 Å². The van der Waals surface area contributed by atoms with E-state index < -0.39 is 10.0 Å². The minimum absolute atomic E-state index is 0.0343. The molecular weight excluding hydrogens is 258 g/mol. The Kier molecular flexibility index (Phi) is 4.02. The van der Waals surface area contributed by atoms with Gasteiger partial charge in [0.05, 0.1) is 4.90 Å². The summed E-state index contributed by atoms with van der Waals surface area (Å²) < 4.78 is 26.8. The Labute approximate surface area is 116 Å². The molecule has 1 saturated heterocycles. The summed E-state index contributed by atoms with van der Waals surface area (Å²) in [4.78, 5) is 0.432. The molecule has 1 aromatic rings. The van der Waals surface area contributed by atoms with Crippen molar-refractivity contribution < 1.29 is 8.42 Å². The molecule has 3 nitrogen and oxygen atoms in total. The second kappa shape index (κ2) is 5.25. The Morgan fingerprint density at radius 3 is 2.26 bits per heavy atom. The van der Waals surface area contributed by atoms with E-state index in [0.29, 0.717) is 18.0 Å². The third kappa shape index (κ3) is 3.18. The number of benzene rings is 1. The van der Waals surface area contributed by atoms with Crippen LogP contribution in [-0.2, 0) is 15.4 Å². The molecule has 0 spiro atoms. The molecule has 0 radical (unpaired) electrons. The largest absolute Gasteiger partial charge is 0.243 e. The first-order valence-electron chi connectivity index (χ1n) is 6.92. The fourth-order valence-corrected chi connectivity index (χ4v) is 3.94. The summed E-state index contributed by atoms with van der Waals surface area (Å²) in [6.07, 6.45) is 3.07. The predicted molar refractivity (Wildman–Crippen MR) is 77.8 cm³/mol. The summed E-state index contributed by atoms with van der Waals surface area (Å²) in [6, 6.07) is 7.37. The Morgan fingerprint density at radius 1 is 1.05 bits per heavy atom. The second-order valence-electron chi connectivity index (χ2n) is 6.24. The lowest BCUT2D eigenvalue weighted by Gasteiger charge is -2.27. The van der Waals surface area contributed by atoms with Crippen LogP contribution in [0.4, 0.5) is 0 Å². The van der Waals surface area contributed by atoms with Gasteiger partial charge < -0.3 is 0 Å². The molecule has 0 N–H and O–H groups in total. The van der Waals surface area contributed by atoms with Crippen molar-refractivity contribution in [2.45, 2.75) is 50.3 Å². The summed E-state index contributed by atoms with van der Waals surface area (Å²) in [7, 11) is -3.31. The standard InChI is InChI=1S/C15H23NO2S/c1-15(2,3)13-8-7-9-14(12-13)19(17,18)16-10-5-4-6-11-16/h7-9,12H,4-6,10-11H2,1-3H3. The van der Waals surface area contributed by atoms with Crippen molar-refractivity contribution in [3.8, 4) is 0 Å². The van der Waals surface area contributed by atoms with Gasteiger partial charge in [0.15, 0.2) is 0 Å². The average molecular weight is 281 g/mol. The van der Waals surface area contributed by atoms with Gasteiger partial charge in [-0.25, -0.2) is 8.42 Å². The molecule has 4 heteroatoms. The first-order valence-corrected chi connectivity index (χ1v) is 8.36. The topological polar surface area (TPSA) is 37.4 Å². The molecule has 19 heavy (non-hydrogen) atoms. The fourth-order valence-electron chi connectivity index (χ4n) is 2.38. The van der Waals surface area contributed by atoms with Gasteiger partial charge in [0, 0.05) is 13.1 Å². The van der Waals surface area contributed by atoms with Crippen LogP contribution in [0.25, 0.3) is 0 Å². The first-order chi connectivity index (χ1) is 8.82. The average Bonchev–Trinajstić information content (AvgIpc) is 2.39. The van der Waals surface area contributed by atoms with E-state index in [2.05, 4.69) is 20.8 Å². The van der Waals surface area contributed by atoms with Crippen LogP contribution >= 0.6 is 0 Å². The highest BCUT2D eigenvalue weighted by Crippen LogP contribution is 2.26. The molecule has 1 heterocycles. The molecule has 0 unspecified atom stereocenters. The van der Waals surface area contributed by atoms with Crippen LogP contribution in [0.15, 0.2) is 29.2 Å². The number of hydrogen-bond acceptors (Lipinski definition) is 2. The molecule has 2 rings (SSSR count). The monoisotopic (exact) mass is 281 g/mol. The lowest BCUT2D eigenvalue weighted by Crippen LogP contribution is -2.35. The number of hydrogen-bond donors (Lipinski definition) is 0. The van der Waals surface area contributed by atoms with E-state index in [1.807, 2.05) is 18.2 Å². The molecule has 1 aromatic carbocycles. The molecule has 0 bridgehead atoms. The van der Waals surface area contributed by atoms with E-state index in [0.717, 1.165) is 24.8 Å². The van der Waals surface area contributed by atoms with Crippen molar-refractivity contribution >= 4 is 10.0 Å². The molecule has 0 aromatic heterocycles. The Balaban J connectivity index is 2.35. The molecule has 1 aliphatic rings. The summed E-state index contributed by atoms with van der Waals surface area (Å²) in [5.74, 6) is 0. The van der Waals surface area contributed by atoms with Crippen LogP contribution in [0.2, 0.25) is 0 Å². The van der Waals surface area contributed by atoms with Crippen molar-refractivity contribution in [2.75, 3.05) is 13.1 Å². The Hall–Kier alpha value is -0.870. The van der Waals surface area contributed by atoms with Gasteiger partial charge in [0.2, 0.25) is 10.0 Å². The second-order valence-corrected chi connectivity index (χ2v) is 8.18. The van der Waals surface area contributed by atoms with Gasteiger partial charge in [0.25, 0.3) is 0 Å². The quantitative estimate of drug-likeness (QED) is 0.835. The summed E-state index contributed by atoms with van der Waals surface area (Å²) in [5, 5.41) is 0. The zero-order valence-corrected chi connectivity index (χ0v) is 12.8. The van der Waals surface area contributed by atoms with Crippen LogP contribution in [0, 0.1) is 0 Å². The first kappa shape index (κ1) is 14.5. The normalized spacial score (nSPS) is 18.5. The van der Waals surface area contributed by atoms with E-state index in [4.69, 9.17) is 0 Å². The zero-order valence-electron chi connectivity index (χ0n) is 12.0. The third-order valence-corrected chi connectivity index (χ3v) is 5.55. The lowest BCUT2D eigenvalue weighted by atomic mass is 9.87. The fraction of sp³-hybridized carbons (Fsp3) is 0.600. The molecule has 1 fully saturated rings. The Bertz CT molecular complexity index is 538. The van der Waals surface area contributed by atoms with Gasteiger partial charge in [-0.15, -0.1) is 0 Å². The van der Waals surface area contributed by atoms with Crippen LogP contribution < -0.4 is 0 Å². The smallest absolute Gasteiger partial charge is 0.207 e. The highest BCUT2D eigenvalue weighted by Gasteiger charge is 2.26. The minimum atomic E-state index is -3.31. The van der Waals surface area contributed by atoms with Crippen LogP contribution in [0.5, 0.6) is 0 Å². The summed E-state index contributed by atoms with van der Waals surface area (Å²) >= 11 is 0. The summed E-state index contributed by atoms with van der Waals surface area (Å²) in [5.41, 5.74) is 1.03. The van der Waals surface area contributed by atoms with Crippen LogP contribution in [0.3, 0.4) is 0 Å². The zero-order chi connectivity index (χ0) is 14.1. The molecule has 0 atom stereocenters. The van der Waals surface area contributed by atoms with Gasteiger partial charge in [-0.05, 0) is 36.0 Å². The van der Waals surface area contributed by atoms with Crippen molar-refractivity contribution in [1.29, 1.82) is 0 Å². The highest BCUT2D eigenvalue weighted by molar-refractivity contribution is 7.89. The van der Waals surface area contributed by atoms with E-state index in [1.54, 1.807) is 10.4 Å². The maximum Gasteiger partial charge on any atom is 0.243 e. The van der Waals surface area contributed by atoms with Crippen molar-refractivity contribution in [3.05, 3.63) is 29.8 Å². The minimum Gasteiger partial charge on any atom is -0.207 e. The van der Waals surface area contributed by atoms with Gasteiger partial charge >= 0.3 is 0 Å². The van der Waals surface area contributed by atoms with Crippen LogP contribution in [0.1, 0.15) is 45.6 Å². The SMILES string of the molecule is CC(C)(C)c1cccc(S(=O)(=O)N2CCCCC2)c1. The molecular formula is C15H23NO2S. The predicted octanol–water partition coefficient (Wildman–Crippen LogP) is 3.16. The highest BCUT2D eigenvalue weighted by atomic mass is 32.2. The van der Waals surface area contributed by atoms with E-state index in [1.165, 1.54) is 0 Å². The lowest BCUT2D eigenvalue weighted by molar-refractivity contribution is 0.346. The van der Waals surface area contributed by atoms with Gasteiger partial charge in [-0.3, -0.25) is 0 Å². The number of sulfonamides is 1. The molecule has 0 saturated carbocycles. The Morgan fingerprint density at radius 2 is 1.68 bits per heavy atom. The van der Waals surface area contributed by atoms with E-state index in [-0.39, 0.29) is 5.41 Å². The van der Waals surface area contributed by atoms with Gasteiger partial charge in [-0.2, -0.15) is 4.31 Å². The van der Waals surface area contributed by atoms with Crippen molar-refractivity contribution in [1.82, 2.24) is 4.31 Å². The number of rotatable bonds is 2. The molecule has 106 valence electrons. The number of piperidine rings is 1. The maximum atomic E-state index is 12.6. The van der Waals surface area contributed by atoms with Crippen LogP contribution in [-0.4, -0.2) is 25.8 Å². The van der Waals surface area contributed by atoms with Crippen molar-refractivity contribution in [2.24, 2.45) is 0 Å². The maximum absolute atomic E-state index is 12.6. The van der Waals surface area contributed by atoms with Gasteiger partial charge in [0.1, 0.15) is 0 Å². The third-order valence-electron chi connectivity index (χ3n) is 3.65. The molecule has 1 aliphatic heterocycles. The van der Waals surface area contributed by atoms with E-state index >= 15 is 0 Å². The molecule has 0 aliphatic carbocycles. The number of nitrogens with zero attached hydrogens (tertiary/aromatic N) is 1. The summed E-state index contributed by atoms with van der Waals surface area (Å²) in [6.45, 7) is 7.60.